The van der Waals surface area contributed by atoms with Crippen molar-refractivity contribution in [3.05, 3.63) is 29.0 Å². The van der Waals surface area contributed by atoms with E-state index in [0.29, 0.717) is 25.9 Å². The first-order valence-corrected chi connectivity index (χ1v) is 8.24. The minimum Gasteiger partial charge on any atom is -0.314 e. The maximum Gasteiger partial charge on any atom is 0.244 e. The van der Waals surface area contributed by atoms with Crippen LogP contribution >= 0.6 is 11.6 Å². The van der Waals surface area contributed by atoms with E-state index in [-0.39, 0.29) is 15.5 Å². The van der Waals surface area contributed by atoms with Gasteiger partial charge in [0.1, 0.15) is 10.7 Å². The van der Waals surface area contributed by atoms with Gasteiger partial charge in [0.05, 0.1) is 5.02 Å². The van der Waals surface area contributed by atoms with Crippen molar-refractivity contribution in [2.24, 2.45) is 0 Å². The molecule has 7 heteroatoms. The molecule has 0 radical (unpaired) electrons. The van der Waals surface area contributed by atoms with Crippen molar-refractivity contribution in [2.45, 2.75) is 30.2 Å². The van der Waals surface area contributed by atoms with Crippen molar-refractivity contribution in [1.29, 1.82) is 0 Å². The second kappa shape index (κ2) is 5.60. The van der Waals surface area contributed by atoms with Crippen molar-refractivity contribution in [1.82, 2.24) is 9.62 Å². The Kier molecular flexibility index (Phi) is 4.39. The Labute approximate surface area is 124 Å². The van der Waals surface area contributed by atoms with Gasteiger partial charge in [-0.15, -0.1) is 0 Å². The van der Waals surface area contributed by atoms with Gasteiger partial charge in [0.25, 0.3) is 0 Å². The van der Waals surface area contributed by atoms with E-state index in [1.807, 2.05) is 7.05 Å². The maximum atomic E-state index is 13.3. The average molecular weight is 321 g/mol. The number of nitrogens with one attached hydrogen (secondary N) is 1. The van der Waals surface area contributed by atoms with E-state index in [1.54, 1.807) is 0 Å². The molecule has 0 unspecified atom stereocenters. The lowest BCUT2D eigenvalue weighted by atomic mass is 9.91. The number of benzene rings is 1. The first-order chi connectivity index (χ1) is 9.28. The second-order valence-corrected chi connectivity index (χ2v) is 7.60. The third kappa shape index (κ3) is 2.98. The SMILES string of the molecule is CNC1(C)CCN(S(=O)(=O)c2cc(F)ccc2Cl)CC1. The maximum absolute atomic E-state index is 13.3. The lowest BCUT2D eigenvalue weighted by Gasteiger charge is -2.38. The molecule has 1 N–H and O–H groups in total. The summed E-state index contributed by atoms with van der Waals surface area (Å²) in [5.74, 6) is -0.606. The van der Waals surface area contributed by atoms with Gasteiger partial charge in [-0.2, -0.15) is 4.31 Å². The molecule has 1 aromatic carbocycles. The van der Waals surface area contributed by atoms with Gasteiger partial charge < -0.3 is 5.32 Å². The zero-order chi connectivity index (χ0) is 15.0. The van der Waals surface area contributed by atoms with Crippen LogP contribution in [0, 0.1) is 5.82 Å². The average Bonchev–Trinajstić information content (AvgIpc) is 2.42. The zero-order valence-corrected chi connectivity index (χ0v) is 13.1. The van der Waals surface area contributed by atoms with Crippen molar-refractivity contribution in [2.75, 3.05) is 20.1 Å². The monoisotopic (exact) mass is 320 g/mol. The van der Waals surface area contributed by atoms with E-state index in [2.05, 4.69) is 12.2 Å². The molecule has 0 bridgehead atoms. The summed E-state index contributed by atoms with van der Waals surface area (Å²) in [5.41, 5.74) is -0.0578. The van der Waals surface area contributed by atoms with Crippen LogP contribution in [0.15, 0.2) is 23.1 Å². The minimum absolute atomic E-state index is 0.0494. The van der Waals surface area contributed by atoms with Gasteiger partial charge in [-0.25, -0.2) is 12.8 Å². The number of rotatable bonds is 3. The summed E-state index contributed by atoms with van der Waals surface area (Å²) in [6, 6.07) is 3.39. The molecule has 1 aliphatic heterocycles. The Hall–Kier alpha value is -0.690. The molecule has 2 rings (SSSR count). The molecule has 20 heavy (non-hydrogen) atoms. The normalized spacial score (nSPS) is 20.0. The van der Waals surface area contributed by atoms with Gasteiger partial charge >= 0.3 is 0 Å². The molecule has 1 aromatic rings. The zero-order valence-electron chi connectivity index (χ0n) is 11.5. The number of hydrogen-bond donors (Lipinski definition) is 1. The quantitative estimate of drug-likeness (QED) is 0.929. The molecule has 1 saturated heterocycles. The first-order valence-electron chi connectivity index (χ1n) is 6.43. The summed E-state index contributed by atoms with van der Waals surface area (Å²) >= 11 is 5.90. The lowest BCUT2D eigenvalue weighted by molar-refractivity contribution is 0.219. The standard InChI is InChI=1S/C13H18ClFN2O2S/c1-13(16-2)5-7-17(8-6-13)20(18,19)12-9-10(15)3-4-11(12)14/h3-4,9,16H,5-8H2,1-2H3. The number of hydrogen-bond acceptors (Lipinski definition) is 3. The predicted molar refractivity (Wildman–Crippen MR) is 76.9 cm³/mol. The Morgan fingerprint density at radius 2 is 1.95 bits per heavy atom. The summed E-state index contributed by atoms with van der Waals surface area (Å²) in [4.78, 5) is -0.160. The van der Waals surface area contributed by atoms with Gasteiger partial charge in [0.15, 0.2) is 0 Å². The third-order valence-electron chi connectivity index (χ3n) is 3.94. The molecule has 4 nitrogen and oxygen atoms in total. The molecule has 1 aliphatic rings. The van der Waals surface area contributed by atoms with E-state index >= 15 is 0 Å². The van der Waals surface area contributed by atoms with E-state index in [4.69, 9.17) is 11.6 Å². The van der Waals surface area contributed by atoms with Crippen LogP contribution < -0.4 is 5.32 Å². The Balaban J connectivity index is 2.26. The first kappa shape index (κ1) is 15.7. The Bertz CT molecular complexity index is 598. The van der Waals surface area contributed by atoms with Gasteiger partial charge in [-0.05, 0) is 45.0 Å². The Morgan fingerprint density at radius 1 is 1.35 bits per heavy atom. The molecular formula is C13H18ClFN2O2S. The van der Waals surface area contributed by atoms with E-state index in [9.17, 15) is 12.8 Å². The Morgan fingerprint density at radius 3 is 2.50 bits per heavy atom. The van der Waals surface area contributed by atoms with Crippen LogP contribution in [-0.2, 0) is 10.0 Å². The smallest absolute Gasteiger partial charge is 0.244 e. The summed E-state index contributed by atoms with van der Waals surface area (Å²) in [7, 11) is -1.87. The van der Waals surface area contributed by atoms with Crippen LogP contribution in [0.1, 0.15) is 19.8 Å². The van der Waals surface area contributed by atoms with Crippen LogP contribution in [-0.4, -0.2) is 38.4 Å². The number of piperidine rings is 1. The van der Waals surface area contributed by atoms with E-state index in [0.717, 1.165) is 12.1 Å². The molecular weight excluding hydrogens is 303 g/mol. The third-order valence-corrected chi connectivity index (χ3v) is 6.32. The predicted octanol–water partition coefficient (Wildman–Crippen LogP) is 2.24. The molecule has 0 aromatic heterocycles. The summed E-state index contributed by atoms with van der Waals surface area (Å²) in [6.07, 6.45) is 1.41. The largest absolute Gasteiger partial charge is 0.314 e. The van der Waals surface area contributed by atoms with Crippen molar-refractivity contribution < 1.29 is 12.8 Å². The topological polar surface area (TPSA) is 49.4 Å². The highest BCUT2D eigenvalue weighted by molar-refractivity contribution is 7.89. The molecule has 0 saturated carbocycles. The molecule has 0 atom stereocenters. The molecule has 1 heterocycles. The molecule has 0 amide bonds. The molecule has 0 aliphatic carbocycles. The summed E-state index contributed by atoms with van der Waals surface area (Å²) < 4.78 is 39.7. The summed E-state index contributed by atoms with van der Waals surface area (Å²) in [6.45, 7) is 2.85. The fourth-order valence-electron chi connectivity index (χ4n) is 2.28. The summed E-state index contributed by atoms with van der Waals surface area (Å²) in [5, 5.41) is 3.25. The molecule has 112 valence electrons. The van der Waals surface area contributed by atoms with Crippen LogP contribution in [0.2, 0.25) is 5.02 Å². The second-order valence-electron chi connectivity index (χ2n) is 5.29. The van der Waals surface area contributed by atoms with E-state index < -0.39 is 15.8 Å². The highest BCUT2D eigenvalue weighted by Crippen LogP contribution is 2.29. The highest BCUT2D eigenvalue weighted by atomic mass is 35.5. The number of halogens is 2. The fraction of sp³-hybridized carbons (Fsp3) is 0.538. The molecule has 1 fully saturated rings. The number of sulfonamides is 1. The minimum atomic E-state index is -3.74. The lowest BCUT2D eigenvalue weighted by Crippen LogP contribution is -2.51. The highest BCUT2D eigenvalue weighted by Gasteiger charge is 2.35. The fourth-order valence-corrected chi connectivity index (χ4v) is 4.21. The van der Waals surface area contributed by atoms with Crippen LogP contribution in [0.3, 0.4) is 0 Å². The van der Waals surface area contributed by atoms with Gasteiger partial charge in [-0.1, -0.05) is 11.6 Å². The van der Waals surface area contributed by atoms with Crippen molar-refractivity contribution >= 4 is 21.6 Å². The van der Waals surface area contributed by atoms with E-state index in [1.165, 1.54) is 10.4 Å². The number of nitrogens with zero attached hydrogens (tertiary/aromatic N) is 1. The van der Waals surface area contributed by atoms with Gasteiger partial charge in [0, 0.05) is 18.6 Å². The molecule has 0 spiro atoms. The van der Waals surface area contributed by atoms with Crippen molar-refractivity contribution in [3.63, 3.8) is 0 Å². The van der Waals surface area contributed by atoms with Gasteiger partial charge in [0.2, 0.25) is 10.0 Å². The van der Waals surface area contributed by atoms with Crippen LogP contribution in [0.5, 0.6) is 0 Å². The van der Waals surface area contributed by atoms with Crippen LogP contribution in [0.25, 0.3) is 0 Å². The van der Waals surface area contributed by atoms with Crippen molar-refractivity contribution in [3.8, 4) is 0 Å². The van der Waals surface area contributed by atoms with Gasteiger partial charge in [-0.3, -0.25) is 0 Å². The van der Waals surface area contributed by atoms with Crippen LogP contribution in [0.4, 0.5) is 4.39 Å².